The minimum Gasteiger partial charge on any atom is -0.463 e. The van der Waals surface area contributed by atoms with Crippen molar-refractivity contribution in [2.45, 2.75) is 37.3 Å². The average Bonchev–Trinajstić information content (AvgIpc) is 2.60. The molecule has 0 amide bonds. The van der Waals surface area contributed by atoms with Crippen LogP contribution in [0.4, 0.5) is 0 Å². The molecule has 0 radical (unpaired) electrons. The van der Waals surface area contributed by atoms with E-state index in [0.717, 1.165) is 5.56 Å². The second-order valence-electron chi connectivity index (χ2n) is 5.92. The monoisotopic (exact) mass is 332 g/mol. The van der Waals surface area contributed by atoms with Gasteiger partial charge in [0.25, 0.3) is 0 Å². The van der Waals surface area contributed by atoms with Gasteiger partial charge in [-0.15, -0.1) is 0 Å². The Morgan fingerprint density at radius 1 is 1.08 bits per heavy atom. The van der Waals surface area contributed by atoms with Crippen molar-refractivity contribution in [3.05, 3.63) is 69.3 Å². The minimum atomic E-state index is -1.48. The van der Waals surface area contributed by atoms with Crippen molar-refractivity contribution in [2.24, 2.45) is 0 Å². The van der Waals surface area contributed by atoms with Gasteiger partial charge in [0.2, 0.25) is 0 Å². The van der Waals surface area contributed by atoms with E-state index in [1.807, 2.05) is 30.3 Å². The molecule has 0 aliphatic heterocycles. The fourth-order valence-electron chi connectivity index (χ4n) is 3.06. The molecule has 24 heavy (non-hydrogen) atoms. The molecule has 1 aliphatic carbocycles. The van der Waals surface area contributed by atoms with Gasteiger partial charge in [-0.1, -0.05) is 30.3 Å². The zero-order chi connectivity index (χ0) is 17.3. The Bertz CT molecular complexity index is 754. The highest BCUT2D eigenvalue weighted by atomic mass is 16.5. The van der Waals surface area contributed by atoms with E-state index in [0.29, 0.717) is 18.6 Å². The van der Waals surface area contributed by atoms with E-state index >= 15 is 0 Å². The van der Waals surface area contributed by atoms with Crippen LogP contribution in [0.3, 0.4) is 0 Å². The SMILES string of the molecule is CO[C@@H]1c2c(oc(CCc3ccccc3)cc2=O)[C@H](O)[C@@H](O)[C@H]1O. The molecule has 128 valence electrons. The van der Waals surface area contributed by atoms with Gasteiger partial charge in [-0.25, -0.2) is 0 Å². The molecule has 4 atom stereocenters. The third kappa shape index (κ3) is 3.01. The lowest BCUT2D eigenvalue weighted by Gasteiger charge is -2.34. The Labute approximate surface area is 138 Å². The van der Waals surface area contributed by atoms with Gasteiger partial charge in [0.05, 0.1) is 5.56 Å². The van der Waals surface area contributed by atoms with E-state index in [2.05, 4.69) is 0 Å². The third-order valence-corrected chi connectivity index (χ3v) is 4.36. The van der Waals surface area contributed by atoms with E-state index in [-0.39, 0.29) is 16.8 Å². The molecule has 0 saturated carbocycles. The van der Waals surface area contributed by atoms with Crippen LogP contribution in [0, 0.1) is 0 Å². The Balaban J connectivity index is 1.93. The number of aryl methyl sites for hydroxylation is 2. The summed E-state index contributed by atoms with van der Waals surface area (Å²) in [6, 6.07) is 11.1. The van der Waals surface area contributed by atoms with Crippen molar-refractivity contribution in [3.8, 4) is 0 Å². The number of benzene rings is 1. The molecular formula is C18H20O6. The van der Waals surface area contributed by atoms with Crippen LogP contribution in [-0.2, 0) is 17.6 Å². The van der Waals surface area contributed by atoms with Gasteiger partial charge in [0.1, 0.15) is 35.9 Å². The van der Waals surface area contributed by atoms with Crippen LogP contribution in [0.2, 0.25) is 0 Å². The lowest BCUT2D eigenvalue weighted by molar-refractivity contribution is -0.137. The molecule has 1 heterocycles. The van der Waals surface area contributed by atoms with Gasteiger partial charge in [-0.3, -0.25) is 4.79 Å². The maximum Gasteiger partial charge on any atom is 0.191 e. The molecule has 1 aliphatic rings. The number of aliphatic hydroxyl groups is 3. The molecule has 0 spiro atoms. The Kier molecular flexibility index (Phi) is 4.82. The van der Waals surface area contributed by atoms with Crippen LogP contribution in [0.5, 0.6) is 0 Å². The first kappa shape index (κ1) is 16.9. The third-order valence-electron chi connectivity index (χ3n) is 4.36. The van der Waals surface area contributed by atoms with Gasteiger partial charge in [-0.2, -0.15) is 0 Å². The van der Waals surface area contributed by atoms with Crippen molar-refractivity contribution in [2.75, 3.05) is 7.11 Å². The van der Waals surface area contributed by atoms with Gasteiger partial charge in [0, 0.05) is 19.6 Å². The van der Waals surface area contributed by atoms with Crippen molar-refractivity contribution in [1.29, 1.82) is 0 Å². The van der Waals surface area contributed by atoms with Crippen molar-refractivity contribution in [1.82, 2.24) is 0 Å². The Hall–Kier alpha value is -1.99. The molecule has 3 N–H and O–H groups in total. The summed E-state index contributed by atoms with van der Waals surface area (Å²) < 4.78 is 10.8. The van der Waals surface area contributed by atoms with Crippen LogP contribution < -0.4 is 5.43 Å². The number of hydrogen-bond donors (Lipinski definition) is 3. The molecule has 1 aromatic heterocycles. The summed E-state index contributed by atoms with van der Waals surface area (Å²) in [7, 11) is 1.32. The fraction of sp³-hybridized carbons (Fsp3) is 0.389. The first-order valence-electron chi connectivity index (χ1n) is 7.80. The Morgan fingerprint density at radius 3 is 2.46 bits per heavy atom. The van der Waals surface area contributed by atoms with E-state index < -0.39 is 24.4 Å². The molecule has 0 fully saturated rings. The topological polar surface area (TPSA) is 100 Å². The van der Waals surface area contributed by atoms with Crippen LogP contribution in [0.15, 0.2) is 45.6 Å². The summed E-state index contributed by atoms with van der Waals surface area (Å²) in [5.41, 5.74) is 0.783. The molecule has 1 aromatic carbocycles. The molecule has 0 bridgehead atoms. The predicted octanol–water partition coefficient (Wildman–Crippen LogP) is 0.881. The van der Waals surface area contributed by atoms with Crippen molar-refractivity contribution < 1.29 is 24.5 Å². The summed E-state index contributed by atoms with van der Waals surface area (Å²) in [6.45, 7) is 0. The summed E-state index contributed by atoms with van der Waals surface area (Å²) >= 11 is 0. The largest absolute Gasteiger partial charge is 0.463 e. The minimum absolute atomic E-state index is 0.0322. The number of fused-ring (bicyclic) bond motifs is 1. The summed E-state index contributed by atoms with van der Waals surface area (Å²) in [5, 5.41) is 30.1. The number of hydrogen-bond acceptors (Lipinski definition) is 6. The molecule has 6 nitrogen and oxygen atoms in total. The summed E-state index contributed by atoms with van der Waals surface area (Å²) in [4.78, 5) is 12.4. The lowest BCUT2D eigenvalue weighted by atomic mass is 9.87. The van der Waals surface area contributed by atoms with Crippen molar-refractivity contribution >= 4 is 0 Å². The van der Waals surface area contributed by atoms with Gasteiger partial charge in [0.15, 0.2) is 5.43 Å². The molecular weight excluding hydrogens is 312 g/mol. The molecule has 0 saturated heterocycles. The second kappa shape index (κ2) is 6.86. The Morgan fingerprint density at radius 2 is 1.79 bits per heavy atom. The van der Waals surface area contributed by atoms with E-state index in [9.17, 15) is 20.1 Å². The number of methoxy groups -OCH3 is 1. The van der Waals surface area contributed by atoms with Crippen LogP contribution >= 0.6 is 0 Å². The van der Waals surface area contributed by atoms with Gasteiger partial charge in [-0.05, 0) is 12.0 Å². The zero-order valence-electron chi connectivity index (χ0n) is 13.3. The summed E-state index contributed by atoms with van der Waals surface area (Å²) in [5.74, 6) is 0.385. The lowest BCUT2D eigenvalue weighted by Crippen LogP contribution is -2.44. The highest BCUT2D eigenvalue weighted by Gasteiger charge is 2.44. The molecule has 2 aromatic rings. The molecule has 0 unspecified atom stereocenters. The van der Waals surface area contributed by atoms with E-state index in [1.54, 1.807) is 0 Å². The second-order valence-corrected chi connectivity index (χ2v) is 5.92. The van der Waals surface area contributed by atoms with Crippen LogP contribution in [0.25, 0.3) is 0 Å². The first-order chi connectivity index (χ1) is 11.5. The predicted molar refractivity (Wildman–Crippen MR) is 85.6 cm³/mol. The van der Waals surface area contributed by atoms with Gasteiger partial charge >= 0.3 is 0 Å². The highest BCUT2D eigenvalue weighted by Crippen LogP contribution is 2.37. The first-order valence-corrected chi connectivity index (χ1v) is 7.80. The smallest absolute Gasteiger partial charge is 0.191 e. The summed E-state index contributed by atoms with van der Waals surface area (Å²) in [6.07, 6.45) is -4.21. The highest BCUT2D eigenvalue weighted by molar-refractivity contribution is 5.30. The number of ether oxygens (including phenoxy) is 1. The number of aliphatic hydroxyl groups excluding tert-OH is 3. The molecule has 6 heteroatoms. The normalized spacial score (nSPS) is 26.2. The standard InChI is InChI=1S/C18H20O6/c1-23-17-13-12(19)9-11(8-7-10-5-3-2-4-6-10)24-18(13)16(22)14(20)15(17)21/h2-6,9,14-17,20-22H,7-8H2,1H3/t14-,15+,16+,17+/m0/s1. The maximum absolute atomic E-state index is 12.4. The van der Waals surface area contributed by atoms with E-state index in [1.165, 1.54) is 13.2 Å². The average molecular weight is 332 g/mol. The number of rotatable bonds is 4. The molecule has 3 rings (SSSR count). The maximum atomic E-state index is 12.4. The van der Waals surface area contributed by atoms with Crippen LogP contribution in [0.1, 0.15) is 34.9 Å². The van der Waals surface area contributed by atoms with Crippen molar-refractivity contribution in [3.63, 3.8) is 0 Å². The van der Waals surface area contributed by atoms with E-state index in [4.69, 9.17) is 9.15 Å². The van der Waals surface area contributed by atoms with Gasteiger partial charge < -0.3 is 24.5 Å². The fourth-order valence-corrected chi connectivity index (χ4v) is 3.06. The zero-order valence-corrected chi connectivity index (χ0v) is 13.3. The quantitative estimate of drug-likeness (QED) is 0.768. The van der Waals surface area contributed by atoms with Crippen LogP contribution in [-0.4, -0.2) is 34.6 Å².